The first-order valence-electron chi connectivity index (χ1n) is 8.06. The Morgan fingerprint density at radius 3 is 1.50 bits per heavy atom. The Labute approximate surface area is 161 Å². The van der Waals surface area contributed by atoms with Crippen LogP contribution in [0.1, 0.15) is 11.1 Å². The van der Waals surface area contributed by atoms with Gasteiger partial charge in [0.25, 0.3) is 0 Å². The molecule has 1 heterocycles. The van der Waals surface area contributed by atoms with E-state index in [4.69, 9.17) is 23.2 Å². The van der Waals surface area contributed by atoms with Gasteiger partial charge in [0.05, 0.1) is 38.6 Å². The van der Waals surface area contributed by atoms with Crippen LogP contribution < -0.4 is 0 Å². The first kappa shape index (κ1) is 18.4. The summed E-state index contributed by atoms with van der Waals surface area (Å²) < 4.78 is 0. The first-order valence-corrected chi connectivity index (χ1v) is 8.82. The molecule has 1 saturated heterocycles. The molecule has 2 N–H and O–H groups in total. The monoisotopic (exact) mass is 392 g/mol. The minimum atomic E-state index is 0.141. The molecule has 26 heavy (non-hydrogen) atoms. The van der Waals surface area contributed by atoms with E-state index >= 15 is 0 Å². The molecule has 0 aromatic heterocycles. The summed E-state index contributed by atoms with van der Waals surface area (Å²) in [4.78, 5) is 0. The summed E-state index contributed by atoms with van der Waals surface area (Å²) >= 11 is 11.9. The summed E-state index contributed by atoms with van der Waals surface area (Å²) in [5.74, 6) is 0.283. The van der Waals surface area contributed by atoms with Gasteiger partial charge in [0.15, 0.2) is 0 Å². The molecule has 0 radical (unpaired) electrons. The van der Waals surface area contributed by atoms with Crippen LogP contribution in [0.25, 0.3) is 0 Å². The third kappa shape index (κ3) is 4.80. The van der Waals surface area contributed by atoms with E-state index in [1.165, 1.54) is 0 Å². The second-order valence-electron chi connectivity index (χ2n) is 5.80. The fourth-order valence-corrected chi connectivity index (χ4v) is 2.82. The van der Waals surface area contributed by atoms with Crippen molar-refractivity contribution in [1.29, 1.82) is 0 Å². The Bertz CT molecular complexity index is 764. The van der Waals surface area contributed by atoms with Gasteiger partial charge in [0, 0.05) is 21.2 Å². The van der Waals surface area contributed by atoms with Crippen LogP contribution in [0.2, 0.25) is 10.0 Å². The van der Waals surface area contributed by atoms with Crippen molar-refractivity contribution < 1.29 is 10.2 Å². The van der Waals surface area contributed by atoms with Crippen molar-refractivity contribution in [2.75, 3.05) is 26.2 Å². The van der Waals surface area contributed by atoms with E-state index in [1.54, 1.807) is 48.8 Å². The molecule has 1 aliphatic rings. The highest BCUT2D eigenvalue weighted by molar-refractivity contribution is 6.31. The molecule has 0 atom stereocenters. The van der Waals surface area contributed by atoms with E-state index in [1.807, 2.05) is 10.0 Å². The number of phenolic OH excluding ortho intramolecular Hbond substituents is 2. The van der Waals surface area contributed by atoms with Crippen LogP contribution in [0.5, 0.6) is 11.5 Å². The summed E-state index contributed by atoms with van der Waals surface area (Å²) in [5, 5.41) is 33.3. The molecule has 1 aliphatic heterocycles. The fourth-order valence-electron chi connectivity index (χ4n) is 2.46. The number of rotatable bonds is 4. The fraction of sp³-hybridized carbons (Fsp3) is 0.222. The molecule has 2 aromatic carbocycles. The minimum Gasteiger partial charge on any atom is -0.507 e. The van der Waals surface area contributed by atoms with Crippen molar-refractivity contribution in [2.24, 2.45) is 10.2 Å². The number of aromatic hydroxyl groups is 2. The normalized spacial score (nSPS) is 15.3. The minimum absolute atomic E-state index is 0.141. The quantitative estimate of drug-likeness (QED) is 0.782. The maximum Gasteiger partial charge on any atom is 0.124 e. The van der Waals surface area contributed by atoms with Gasteiger partial charge in [-0.25, -0.2) is 0 Å². The molecule has 0 unspecified atom stereocenters. The lowest BCUT2D eigenvalue weighted by Crippen LogP contribution is -2.41. The Morgan fingerprint density at radius 1 is 0.731 bits per heavy atom. The predicted octanol–water partition coefficient (Wildman–Crippen LogP) is 3.39. The van der Waals surface area contributed by atoms with E-state index in [9.17, 15) is 10.2 Å². The van der Waals surface area contributed by atoms with Gasteiger partial charge < -0.3 is 10.2 Å². The summed E-state index contributed by atoms with van der Waals surface area (Å²) in [7, 11) is 0. The van der Waals surface area contributed by atoms with E-state index in [0.29, 0.717) is 47.4 Å². The molecule has 3 rings (SSSR count). The van der Waals surface area contributed by atoms with Crippen molar-refractivity contribution in [3.05, 3.63) is 57.6 Å². The molecule has 0 aliphatic carbocycles. The molecule has 2 aromatic rings. The highest BCUT2D eigenvalue weighted by Crippen LogP contribution is 2.21. The maximum atomic E-state index is 9.80. The summed E-state index contributed by atoms with van der Waals surface area (Å²) in [6.45, 7) is 2.76. The van der Waals surface area contributed by atoms with Gasteiger partial charge in [-0.3, -0.25) is 10.0 Å². The van der Waals surface area contributed by atoms with E-state index in [-0.39, 0.29) is 11.5 Å². The molecule has 6 nitrogen and oxygen atoms in total. The number of phenols is 2. The molecular formula is C18H18Cl2N4O2. The van der Waals surface area contributed by atoms with Gasteiger partial charge in [-0.05, 0) is 36.4 Å². The van der Waals surface area contributed by atoms with Crippen molar-refractivity contribution in [2.45, 2.75) is 0 Å². The molecule has 0 bridgehead atoms. The van der Waals surface area contributed by atoms with Crippen LogP contribution in [0.3, 0.4) is 0 Å². The van der Waals surface area contributed by atoms with Crippen molar-refractivity contribution >= 4 is 35.6 Å². The van der Waals surface area contributed by atoms with E-state index in [2.05, 4.69) is 10.2 Å². The zero-order valence-corrected chi connectivity index (χ0v) is 15.4. The second-order valence-corrected chi connectivity index (χ2v) is 6.68. The molecule has 0 amide bonds. The smallest absolute Gasteiger partial charge is 0.124 e. The van der Waals surface area contributed by atoms with Crippen molar-refractivity contribution in [3.63, 3.8) is 0 Å². The van der Waals surface area contributed by atoms with Gasteiger partial charge in [-0.15, -0.1) is 0 Å². The zero-order chi connectivity index (χ0) is 18.5. The SMILES string of the molecule is Oc1ccc(Cl)cc1/C=N\N1CCN(/N=C\c2cc(Cl)ccc2O)CC1. The summed E-state index contributed by atoms with van der Waals surface area (Å²) in [6, 6.07) is 9.67. The van der Waals surface area contributed by atoms with Crippen molar-refractivity contribution in [3.8, 4) is 11.5 Å². The average Bonchev–Trinajstić information content (AvgIpc) is 2.64. The lowest BCUT2D eigenvalue weighted by Gasteiger charge is -2.31. The van der Waals surface area contributed by atoms with Crippen LogP contribution in [-0.4, -0.2) is 58.8 Å². The number of hydrazone groups is 2. The Balaban J connectivity index is 1.56. The largest absolute Gasteiger partial charge is 0.507 e. The first-order chi connectivity index (χ1) is 12.5. The average molecular weight is 393 g/mol. The lowest BCUT2D eigenvalue weighted by molar-refractivity contribution is 0.141. The number of nitrogens with zero attached hydrogens (tertiary/aromatic N) is 4. The summed E-state index contributed by atoms with van der Waals surface area (Å²) in [6.07, 6.45) is 3.20. The van der Waals surface area contributed by atoms with Crippen LogP contribution in [0.4, 0.5) is 0 Å². The van der Waals surface area contributed by atoms with Crippen LogP contribution in [0, 0.1) is 0 Å². The van der Waals surface area contributed by atoms with Crippen LogP contribution in [-0.2, 0) is 0 Å². The topological polar surface area (TPSA) is 71.7 Å². The third-order valence-corrected chi connectivity index (χ3v) is 4.40. The Kier molecular flexibility index (Phi) is 5.85. The van der Waals surface area contributed by atoms with Gasteiger partial charge in [-0.2, -0.15) is 10.2 Å². The molecule has 1 fully saturated rings. The number of benzene rings is 2. The number of hydrogen-bond acceptors (Lipinski definition) is 6. The second kappa shape index (κ2) is 8.29. The maximum absolute atomic E-state index is 9.80. The highest BCUT2D eigenvalue weighted by Gasteiger charge is 2.13. The van der Waals surface area contributed by atoms with Crippen LogP contribution in [0.15, 0.2) is 46.6 Å². The van der Waals surface area contributed by atoms with Gasteiger partial charge >= 0.3 is 0 Å². The molecule has 0 spiro atoms. The highest BCUT2D eigenvalue weighted by atomic mass is 35.5. The Morgan fingerprint density at radius 2 is 1.12 bits per heavy atom. The zero-order valence-electron chi connectivity index (χ0n) is 13.9. The lowest BCUT2D eigenvalue weighted by atomic mass is 10.2. The predicted molar refractivity (Wildman–Crippen MR) is 105 cm³/mol. The van der Waals surface area contributed by atoms with E-state index < -0.39 is 0 Å². The van der Waals surface area contributed by atoms with Crippen molar-refractivity contribution in [1.82, 2.24) is 10.0 Å². The third-order valence-electron chi connectivity index (χ3n) is 3.93. The van der Waals surface area contributed by atoms with Gasteiger partial charge in [0.1, 0.15) is 11.5 Å². The Hall–Kier alpha value is -2.44. The standard InChI is InChI=1S/C18H18Cl2N4O2/c19-15-1-3-17(25)13(9-15)11-21-23-5-7-24(8-6-23)22-12-14-10-16(20)2-4-18(14)26/h1-4,9-12,25-26H,5-8H2/b21-11-,22-12-. The molecular weight excluding hydrogens is 375 g/mol. The number of piperazine rings is 1. The van der Waals surface area contributed by atoms with Crippen LogP contribution >= 0.6 is 23.2 Å². The number of hydrogen-bond donors (Lipinski definition) is 2. The molecule has 8 heteroatoms. The van der Waals surface area contributed by atoms with Gasteiger partial charge in [-0.1, -0.05) is 23.2 Å². The molecule has 136 valence electrons. The van der Waals surface area contributed by atoms with Gasteiger partial charge in [0.2, 0.25) is 0 Å². The van der Waals surface area contributed by atoms with E-state index in [0.717, 1.165) is 0 Å². The molecule has 0 saturated carbocycles. The number of halogens is 2. The summed E-state index contributed by atoms with van der Waals surface area (Å²) in [5.41, 5.74) is 1.16.